The van der Waals surface area contributed by atoms with Gasteiger partial charge >= 0.3 is 5.97 Å². The maximum absolute atomic E-state index is 12.7. The number of nitrogens with zero attached hydrogens (tertiary/aromatic N) is 1. The first kappa shape index (κ1) is 25.1. The minimum atomic E-state index is -1.17. The van der Waals surface area contributed by atoms with Crippen molar-refractivity contribution < 1.29 is 19.1 Å². The van der Waals surface area contributed by atoms with E-state index in [2.05, 4.69) is 10.3 Å². The molecule has 3 rings (SSSR count). The van der Waals surface area contributed by atoms with E-state index in [1.807, 2.05) is 36.4 Å². The summed E-state index contributed by atoms with van der Waals surface area (Å²) in [5.74, 6) is -1.80. The molecule has 0 unspecified atom stereocenters. The van der Waals surface area contributed by atoms with Crippen molar-refractivity contribution in [2.45, 2.75) is 24.8 Å². The van der Waals surface area contributed by atoms with Crippen molar-refractivity contribution in [3.63, 3.8) is 0 Å². The van der Waals surface area contributed by atoms with E-state index in [9.17, 15) is 14.7 Å². The molecule has 0 aliphatic rings. The fourth-order valence-electron chi connectivity index (χ4n) is 3.51. The van der Waals surface area contributed by atoms with Gasteiger partial charge in [-0.2, -0.15) is 0 Å². The van der Waals surface area contributed by atoms with E-state index in [-0.39, 0.29) is 30.6 Å². The molecule has 0 radical (unpaired) electrons. The summed E-state index contributed by atoms with van der Waals surface area (Å²) < 4.78 is 5.89. The van der Waals surface area contributed by atoms with Crippen LogP contribution in [0.3, 0.4) is 0 Å². The highest BCUT2D eigenvalue weighted by Gasteiger charge is 2.25. The number of guanidine groups is 1. The molecule has 1 amide bonds. The van der Waals surface area contributed by atoms with Crippen molar-refractivity contribution in [1.82, 2.24) is 5.32 Å². The zero-order valence-electron chi connectivity index (χ0n) is 18.1. The molecule has 1 aromatic heterocycles. The van der Waals surface area contributed by atoms with E-state index < -0.39 is 17.9 Å². The average Bonchev–Trinajstić information content (AvgIpc) is 3.25. The summed E-state index contributed by atoms with van der Waals surface area (Å²) in [6.45, 7) is 0.258. The number of furan rings is 1. The Morgan fingerprint density at radius 1 is 1.00 bits per heavy atom. The van der Waals surface area contributed by atoms with Crippen molar-refractivity contribution >= 4 is 41.0 Å². The smallest absolute Gasteiger partial charge is 0.326 e. The predicted octanol–water partition coefficient (Wildman–Crippen LogP) is 4.00. The molecule has 10 heteroatoms. The van der Waals surface area contributed by atoms with Gasteiger partial charge in [0.2, 0.25) is 0 Å². The number of carboxylic acid groups (broad SMARTS) is 1. The Labute approximate surface area is 206 Å². The Morgan fingerprint density at radius 2 is 1.62 bits per heavy atom. The number of carboxylic acids is 1. The van der Waals surface area contributed by atoms with Crippen molar-refractivity contribution in [1.29, 1.82) is 0 Å². The summed E-state index contributed by atoms with van der Waals surface area (Å²) in [4.78, 5) is 28.1. The Kier molecular flexibility index (Phi) is 8.56. The van der Waals surface area contributed by atoms with Crippen LogP contribution in [-0.2, 0) is 4.79 Å². The molecule has 1 atom stereocenters. The number of halogens is 2. The summed E-state index contributed by atoms with van der Waals surface area (Å²) in [6.07, 6.45) is 0.531. The maximum Gasteiger partial charge on any atom is 0.326 e. The van der Waals surface area contributed by atoms with Crippen molar-refractivity contribution in [2.75, 3.05) is 6.54 Å². The second kappa shape index (κ2) is 11.6. The summed E-state index contributed by atoms with van der Waals surface area (Å²) in [5.41, 5.74) is 12.2. The first-order chi connectivity index (χ1) is 16.2. The number of aliphatic imine (C=N–C) groups is 1. The molecule has 0 saturated heterocycles. The number of hydrogen-bond acceptors (Lipinski definition) is 4. The van der Waals surface area contributed by atoms with E-state index in [0.717, 1.165) is 11.1 Å². The van der Waals surface area contributed by atoms with Crippen LogP contribution in [0.1, 0.15) is 46.2 Å². The van der Waals surface area contributed by atoms with Crippen LogP contribution in [-0.4, -0.2) is 35.5 Å². The predicted molar refractivity (Wildman–Crippen MR) is 131 cm³/mol. The van der Waals surface area contributed by atoms with E-state index in [1.165, 1.54) is 6.07 Å². The molecule has 0 saturated carbocycles. The highest BCUT2D eigenvalue weighted by Crippen LogP contribution is 2.35. The molecule has 3 aromatic rings. The number of benzene rings is 2. The average molecular weight is 503 g/mol. The van der Waals surface area contributed by atoms with Gasteiger partial charge in [0.1, 0.15) is 11.8 Å². The van der Waals surface area contributed by atoms with Crippen molar-refractivity contribution in [3.8, 4) is 0 Å². The molecule has 0 bridgehead atoms. The number of amides is 1. The molecule has 0 spiro atoms. The quantitative estimate of drug-likeness (QED) is 0.187. The number of nitrogens with one attached hydrogen (secondary N) is 1. The maximum atomic E-state index is 12.7. The first-order valence-corrected chi connectivity index (χ1v) is 11.2. The molecule has 0 aliphatic carbocycles. The first-order valence-electron chi connectivity index (χ1n) is 10.4. The zero-order chi connectivity index (χ0) is 24.7. The van der Waals surface area contributed by atoms with E-state index in [4.69, 9.17) is 39.1 Å². The SMILES string of the molecule is NC(N)=NCCC[C@@H](NC(=O)c1ccc(C(c2cccc(Cl)c2)c2cccc(Cl)c2)o1)C(=O)O. The Hall–Kier alpha value is -3.49. The molecule has 6 N–H and O–H groups in total. The normalized spacial score (nSPS) is 11.7. The number of carbonyl (C=O) groups excluding carboxylic acids is 1. The van der Waals surface area contributed by atoms with Gasteiger partial charge in [0.05, 0.1) is 5.92 Å². The fraction of sp³-hybridized carbons (Fsp3) is 0.208. The van der Waals surface area contributed by atoms with Crippen LogP contribution in [0, 0.1) is 0 Å². The number of rotatable bonds is 10. The number of nitrogens with two attached hydrogens (primary N) is 2. The molecule has 2 aromatic carbocycles. The van der Waals surface area contributed by atoms with E-state index in [1.54, 1.807) is 18.2 Å². The monoisotopic (exact) mass is 502 g/mol. The van der Waals surface area contributed by atoms with Gasteiger partial charge in [0.15, 0.2) is 11.7 Å². The minimum absolute atomic E-state index is 0.0143. The third-order valence-corrected chi connectivity index (χ3v) is 5.52. The van der Waals surface area contributed by atoms with Crippen LogP contribution in [0.5, 0.6) is 0 Å². The van der Waals surface area contributed by atoms with Crippen LogP contribution in [0.25, 0.3) is 0 Å². The largest absolute Gasteiger partial charge is 0.480 e. The molecular formula is C24H24Cl2N4O4. The molecule has 1 heterocycles. The molecule has 178 valence electrons. The zero-order valence-corrected chi connectivity index (χ0v) is 19.6. The van der Waals surface area contributed by atoms with Crippen LogP contribution in [0.15, 0.2) is 70.1 Å². The molecule has 0 fully saturated rings. The summed E-state index contributed by atoms with van der Waals surface area (Å²) in [5, 5.41) is 13.1. The van der Waals surface area contributed by atoms with Gasteiger partial charge in [-0.05, 0) is 60.4 Å². The number of hydrogen-bond donors (Lipinski definition) is 4. The Balaban J connectivity index is 1.83. The lowest BCUT2D eigenvalue weighted by Crippen LogP contribution is -2.40. The van der Waals surface area contributed by atoms with Gasteiger partial charge < -0.3 is 26.3 Å². The fourth-order valence-corrected chi connectivity index (χ4v) is 3.91. The van der Waals surface area contributed by atoms with Gasteiger partial charge in [-0.25, -0.2) is 4.79 Å². The van der Waals surface area contributed by atoms with Crippen LogP contribution < -0.4 is 16.8 Å². The standard InChI is InChI=1S/C24H24Cl2N4O4/c25-16-6-1-4-14(12-16)21(15-5-2-7-17(26)13-15)19-9-10-20(34-19)22(31)30-18(23(32)33)8-3-11-29-24(27)28/h1-2,4-7,9-10,12-13,18,21H,3,8,11H2,(H,30,31)(H,32,33)(H4,27,28,29)/t18-/m1/s1. The van der Waals surface area contributed by atoms with E-state index in [0.29, 0.717) is 22.2 Å². The summed E-state index contributed by atoms with van der Waals surface area (Å²) in [7, 11) is 0. The highest BCUT2D eigenvalue weighted by molar-refractivity contribution is 6.31. The molecule has 34 heavy (non-hydrogen) atoms. The Morgan fingerprint density at radius 3 is 2.15 bits per heavy atom. The van der Waals surface area contributed by atoms with Crippen molar-refractivity contribution in [3.05, 3.63) is 93.4 Å². The number of aliphatic carboxylic acids is 1. The highest BCUT2D eigenvalue weighted by atomic mass is 35.5. The Bertz CT molecular complexity index is 1150. The molecular weight excluding hydrogens is 479 g/mol. The summed E-state index contributed by atoms with van der Waals surface area (Å²) in [6, 6.07) is 16.7. The van der Waals surface area contributed by atoms with Gasteiger partial charge in [0.25, 0.3) is 5.91 Å². The minimum Gasteiger partial charge on any atom is -0.480 e. The molecule has 0 aliphatic heterocycles. The van der Waals surface area contributed by atoms with Crippen LogP contribution >= 0.6 is 23.2 Å². The third-order valence-electron chi connectivity index (χ3n) is 5.05. The molecule has 8 nitrogen and oxygen atoms in total. The topological polar surface area (TPSA) is 144 Å². The number of carbonyl (C=O) groups is 2. The van der Waals surface area contributed by atoms with Crippen LogP contribution in [0.2, 0.25) is 10.0 Å². The lowest BCUT2D eigenvalue weighted by atomic mass is 9.89. The second-order valence-electron chi connectivity index (χ2n) is 7.56. The van der Waals surface area contributed by atoms with Gasteiger partial charge in [-0.1, -0.05) is 47.5 Å². The van der Waals surface area contributed by atoms with Crippen molar-refractivity contribution in [2.24, 2.45) is 16.5 Å². The lowest BCUT2D eigenvalue weighted by molar-refractivity contribution is -0.139. The second-order valence-corrected chi connectivity index (χ2v) is 8.43. The lowest BCUT2D eigenvalue weighted by Gasteiger charge is -2.17. The third kappa shape index (κ3) is 6.76. The summed E-state index contributed by atoms with van der Waals surface area (Å²) >= 11 is 12.4. The van der Waals surface area contributed by atoms with Gasteiger partial charge in [-0.15, -0.1) is 0 Å². The van der Waals surface area contributed by atoms with Gasteiger partial charge in [-0.3, -0.25) is 9.79 Å². The van der Waals surface area contributed by atoms with Crippen LogP contribution in [0.4, 0.5) is 0 Å². The van der Waals surface area contributed by atoms with E-state index >= 15 is 0 Å². The van der Waals surface area contributed by atoms with Gasteiger partial charge in [0, 0.05) is 16.6 Å².